The lowest BCUT2D eigenvalue weighted by atomic mass is 9.94. The number of carbonyl (C=O) groups excluding carboxylic acids is 2. The van der Waals surface area contributed by atoms with E-state index in [9.17, 15) is 9.59 Å². The topological polar surface area (TPSA) is 76.5 Å². The van der Waals surface area contributed by atoms with Gasteiger partial charge in [-0.2, -0.15) is 0 Å². The van der Waals surface area contributed by atoms with Gasteiger partial charge in [0.05, 0.1) is 25.2 Å². The maximum atomic E-state index is 13.2. The Hall–Kier alpha value is -2.38. The summed E-state index contributed by atoms with van der Waals surface area (Å²) in [5.41, 5.74) is 2.35. The third-order valence-electron chi connectivity index (χ3n) is 7.53. The monoisotopic (exact) mass is 484 g/mol. The molecular formula is C26H33ClN4O3. The number of hydrogen-bond donors (Lipinski definition) is 1. The molecule has 2 fully saturated rings. The predicted molar refractivity (Wildman–Crippen MR) is 129 cm³/mol. The van der Waals surface area contributed by atoms with Crippen LogP contribution in [0.25, 0.3) is 0 Å². The number of halogens is 1. The molecule has 0 bridgehead atoms. The van der Waals surface area contributed by atoms with Crippen molar-refractivity contribution in [2.45, 2.75) is 76.7 Å². The molecule has 1 saturated carbocycles. The van der Waals surface area contributed by atoms with Crippen molar-refractivity contribution in [3.05, 3.63) is 52.6 Å². The van der Waals surface area contributed by atoms with Crippen LogP contribution in [-0.4, -0.2) is 45.4 Å². The van der Waals surface area contributed by atoms with Gasteiger partial charge in [-0.3, -0.25) is 9.59 Å². The van der Waals surface area contributed by atoms with E-state index in [4.69, 9.17) is 16.3 Å². The number of likely N-dealkylation sites (tertiary alicyclic amines) is 1. The van der Waals surface area contributed by atoms with Gasteiger partial charge in [-0.1, -0.05) is 49.4 Å². The van der Waals surface area contributed by atoms with Gasteiger partial charge in [0.25, 0.3) is 5.91 Å². The van der Waals surface area contributed by atoms with Gasteiger partial charge in [0.1, 0.15) is 6.10 Å². The molecule has 34 heavy (non-hydrogen) atoms. The Kier molecular flexibility index (Phi) is 7.21. The summed E-state index contributed by atoms with van der Waals surface area (Å²) in [7, 11) is 0. The molecule has 7 nitrogen and oxygen atoms in total. The number of hydrogen-bond acceptors (Lipinski definition) is 4. The molecule has 1 aromatic heterocycles. The first-order valence-corrected chi connectivity index (χ1v) is 13.0. The fraction of sp³-hybridized carbons (Fsp3) is 0.577. The largest absolute Gasteiger partial charge is 0.365 e. The molecule has 1 saturated heterocycles. The standard InChI is InChI=1S/C26H33ClN4O3/c27-20-9-7-18(8-10-20)23-15-31-17-28-24(22(31)16-34-23)26(33)30-13-11-19(12-14-30)25(32)29-21-5-3-1-2-4-6-21/h7-10,17,19,21,23H,1-6,11-16H2,(H,29,32)/t23-/m0/s1. The van der Waals surface area contributed by atoms with Crippen LogP contribution in [0.5, 0.6) is 0 Å². The number of aromatic nitrogens is 2. The SMILES string of the molecule is O=C(NC1CCCCCC1)C1CCN(C(=O)c2ncn3c2CO[C@H](c2ccc(Cl)cc2)C3)CC1. The molecule has 2 amide bonds. The smallest absolute Gasteiger partial charge is 0.274 e. The van der Waals surface area contributed by atoms with Crippen LogP contribution in [0.1, 0.15) is 79.2 Å². The molecule has 8 heteroatoms. The summed E-state index contributed by atoms with van der Waals surface area (Å²) >= 11 is 6.00. The number of imidazole rings is 1. The maximum Gasteiger partial charge on any atom is 0.274 e. The van der Waals surface area contributed by atoms with Gasteiger partial charge in [0.15, 0.2) is 5.69 Å². The number of benzene rings is 1. The minimum absolute atomic E-state index is 0.00770. The summed E-state index contributed by atoms with van der Waals surface area (Å²) in [4.78, 5) is 32.3. The van der Waals surface area contributed by atoms with E-state index in [1.54, 1.807) is 6.33 Å². The zero-order valence-electron chi connectivity index (χ0n) is 19.5. The number of rotatable bonds is 4. The van der Waals surface area contributed by atoms with E-state index in [0.717, 1.165) is 24.1 Å². The minimum Gasteiger partial charge on any atom is -0.365 e. The quantitative estimate of drug-likeness (QED) is 0.648. The first-order valence-electron chi connectivity index (χ1n) is 12.6. The minimum atomic E-state index is -0.0929. The Morgan fingerprint density at radius 3 is 2.41 bits per heavy atom. The Labute approximate surface area is 205 Å². The first-order chi connectivity index (χ1) is 16.6. The molecule has 1 aliphatic carbocycles. The number of nitrogens with one attached hydrogen (secondary N) is 1. The Morgan fingerprint density at radius 2 is 1.71 bits per heavy atom. The number of amides is 2. The lowest BCUT2D eigenvalue weighted by Gasteiger charge is -2.32. The average molecular weight is 485 g/mol. The van der Waals surface area contributed by atoms with Crippen molar-refractivity contribution < 1.29 is 14.3 Å². The maximum absolute atomic E-state index is 13.2. The van der Waals surface area contributed by atoms with E-state index in [-0.39, 0.29) is 23.8 Å². The zero-order chi connectivity index (χ0) is 23.5. The van der Waals surface area contributed by atoms with Crippen molar-refractivity contribution in [2.75, 3.05) is 13.1 Å². The highest BCUT2D eigenvalue weighted by atomic mass is 35.5. The van der Waals surface area contributed by atoms with Crippen LogP contribution in [0.15, 0.2) is 30.6 Å². The second-order valence-electron chi connectivity index (χ2n) is 9.81. The van der Waals surface area contributed by atoms with E-state index in [0.29, 0.717) is 55.8 Å². The van der Waals surface area contributed by atoms with Gasteiger partial charge in [-0.05, 0) is 43.4 Å². The Morgan fingerprint density at radius 1 is 1.00 bits per heavy atom. The molecule has 1 N–H and O–H groups in total. The average Bonchev–Trinajstić information content (AvgIpc) is 3.12. The summed E-state index contributed by atoms with van der Waals surface area (Å²) in [6.45, 7) is 2.12. The third-order valence-corrected chi connectivity index (χ3v) is 7.78. The van der Waals surface area contributed by atoms with E-state index >= 15 is 0 Å². The van der Waals surface area contributed by atoms with Crippen molar-refractivity contribution >= 4 is 23.4 Å². The second kappa shape index (κ2) is 10.5. The van der Waals surface area contributed by atoms with E-state index in [1.807, 2.05) is 33.7 Å². The number of ether oxygens (including phenoxy) is 1. The molecular weight excluding hydrogens is 452 g/mol. The normalized spacial score (nSPS) is 22.1. The van der Waals surface area contributed by atoms with Crippen LogP contribution in [0, 0.1) is 5.92 Å². The molecule has 2 aromatic rings. The zero-order valence-corrected chi connectivity index (χ0v) is 20.3. The number of piperidine rings is 1. The van der Waals surface area contributed by atoms with E-state index in [2.05, 4.69) is 10.3 Å². The van der Waals surface area contributed by atoms with Crippen LogP contribution in [0.4, 0.5) is 0 Å². The second-order valence-corrected chi connectivity index (χ2v) is 10.2. The lowest BCUT2D eigenvalue weighted by Crippen LogP contribution is -2.45. The number of carbonyl (C=O) groups is 2. The van der Waals surface area contributed by atoms with Gasteiger partial charge in [0.2, 0.25) is 5.91 Å². The summed E-state index contributed by atoms with van der Waals surface area (Å²) in [6.07, 6.45) is 10.2. The summed E-state index contributed by atoms with van der Waals surface area (Å²) in [5, 5.41) is 3.98. The van der Waals surface area contributed by atoms with Gasteiger partial charge in [-0.25, -0.2) is 4.98 Å². The summed E-state index contributed by atoms with van der Waals surface area (Å²) in [5.74, 6) is 0.0941. The molecule has 1 aromatic carbocycles. The highest BCUT2D eigenvalue weighted by molar-refractivity contribution is 6.30. The molecule has 0 spiro atoms. The Bertz CT molecular complexity index is 1010. The van der Waals surface area contributed by atoms with Crippen LogP contribution in [0.3, 0.4) is 0 Å². The molecule has 3 aliphatic rings. The highest BCUT2D eigenvalue weighted by Gasteiger charge is 2.32. The van der Waals surface area contributed by atoms with Crippen molar-refractivity contribution in [1.29, 1.82) is 0 Å². The lowest BCUT2D eigenvalue weighted by molar-refractivity contribution is -0.127. The summed E-state index contributed by atoms with van der Waals surface area (Å²) < 4.78 is 8.09. The predicted octanol–water partition coefficient (Wildman–Crippen LogP) is 4.50. The van der Waals surface area contributed by atoms with Crippen LogP contribution in [-0.2, 0) is 22.7 Å². The molecule has 3 heterocycles. The molecule has 0 unspecified atom stereocenters. The van der Waals surface area contributed by atoms with Gasteiger partial charge >= 0.3 is 0 Å². The summed E-state index contributed by atoms with van der Waals surface area (Å²) in [6, 6.07) is 7.98. The van der Waals surface area contributed by atoms with E-state index < -0.39 is 0 Å². The molecule has 0 radical (unpaired) electrons. The fourth-order valence-corrected chi connectivity index (χ4v) is 5.55. The van der Waals surface area contributed by atoms with Crippen molar-refractivity contribution in [3.8, 4) is 0 Å². The molecule has 182 valence electrons. The fourth-order valence-electron chi connectivity index (χ4n) is 5.42. The third kappa shape index (κ3) is 5.15. The molecule has 2 aliphatic heterocycles. The highest BCUT2D eigenvalue weighted by Crippen LogP contribution is 2.29. The van der Waals surface area contributed by atoms with Crippen molar-refractivity contribution in [2.24, 2.45) is 5.92 Å². The Balaban J connectivity index is 1.16. The van der Waals surface area contributed by atoms with Crippen LogP contribution >= 0.6 is 11.6 Å². The van der Waals surface area contributed by atoms with Crippen molar-refractivity contribution in [3.63, 3.8) is 0 Å². The van der Waals surface area contributed by atoms with Gasteiger partial charge in [-0.15, -0.1) is 0 Å². The van der Waals surface area contributed by atoms with Crippen LogP contribution in [0.2, 0.25) is 5.02 Å². The van der Waals surface area contributed by atoms with E-state index in [1.165, 1.54) is 25.7 Å². The van der Waals surface area contributed by atoms with Crippen LogP contribution < -0.4 is 5.32 Å². The number of nitrogens with zero attached hydrogens (tertiary/aromatic N) is 3. The molecule has 1 atom stereocenters. The van der Waals surface area contributed by atoms with Gasteiger partial charge in [0, 0.05) is 30.1 Å². The van der Waals surface area contributed by atoms with Gasteiger partial charge < -0.3 is 19.5 Å². The first kappa shape index (κ1) is 23.4. The van der Waals surface area contributed by atoms with Crippen molar-refractivity contribution in [1.82, 2.24) is 19.8 Å². The molecule has 5 rings (SSSR count). The number of fused-ring (bicyclic) bond motifs is 1.